The van der Waals surface area contributed by atoms with Gasteiger partial charge in [-0.3, -0.25) is 0 Å². The molecule has 16 nitrogen and oxygen atoms in total. The quantitative estimate of drug-likeness (QED) is 0.121. The predicted molar refractivity (Wildman–Crippen MR) is 485 cm³/mol. The van der Waals surface area contributed by atoms with Crippen LogP contribution in [0.5, 0.6) is 0 Å². The number of fused-ring (bicyclic) bond motifs is 16. The molecule has 4 aliphatic carbocycles. The van der Waals surface area contributed by atoms with E-state index in [1.807, 2.05) is 187 Å². The average Bonchev–Trinajstić information content (AvgIpc) is 1.54. The SMILES string of the molecule is Cc1ccc2c(C(=O)[O-])c(C)ccc2c1.Cc1ccc2c(c1)C(C(=O)[O-])c1cc(C)ccc1-2.Cc1ccc2c(c1)C(c1cc[c-]cc1)(c1ccc(C(=O)[O-])cc1)c1cc(C)ccc1-2.Cc1ccc2c(c1)C(c1ccc(C(=O)[O-])cc1)c1cc(C)ccc1-2.Cc1ccc2c(c1)Cc1cc(C)c(C(=O)[O-])cc1-2.Cc1ccc2c3ccc(C)cc3[c-](C(=O)[O-])c2c1.O=C=O.O=C=O.[Cs+].[Cs+].[Cs+].[Cs+].[Cs+].[Cs+].[Cs+].[Cs+]. The maximum absolute atomic E-state index is 11.4. The zero-order valence-corrected chi connectivity index (χ0v) is 131. The average molecular weight is 2760 g/mol. The van der Waals surface area contributed by atoms with Crippen molar-refractivity contribution in [3.05, 3.63) is 441 Å². The van der Waals surface area contributed by atoms with Crippen LogP contribution in [-0.2, 0) is 35.8 Å². The van der Waals surface area contributed by atoms with Gasteiger partial charge in [-0.15, -0.1) is 39.2 Å². The minimum absolute atomic E-state index is 0. The van der Waals surface area contributed by atoms with Gasteiger partial charge < -0.3 is 59.4 Å². The van der Waals surface area contributed by atoms with Crippen LogP contribution in [0.15, 0.2) is 279 Å². The molecule has 0 aliphatic heterocycles. The van der Waals surface area contributed by atoms with E-state index in [-0.39, 0.29) is 580 Å². The van der Waals surface area contributed by atoms with Crippen molar-refractivity contribution < 1.29 is 630 Å². The number of aromatic carboxylic acids is 5. The van der Waals surface area contributed by atoms with Gasteiger partial charge in [-0.2, -0.15) is 49.5 Å². The van der Waals surface area contributed by atoms with E-state index in [4.69, 9.17) is 19.2 Å². The summed E-state index contributed by atoms with van der Waals surface area (Å²) < 4.78 is 0. The van der Waals surface area contributed by atoms with Crippen LogP contribution in [0.3, 0.4) is 0 Å². The van der Waals surface area contributed by atoms with Gasteiger partial charge in [-0.25, -0.2) is 0 Å². The summed E-state index contributed by atoms with van der Waals surface area (Å²) in [5.41, 5.74) is 35.4. The largest absolute Gasteiger partial charge is 1.00 e. The molecular formula is C113H86Cs8O16. The molecule has 642 valence electrons. The monoisotopic (exact) mass is 2760 g/mol. The van der Waals surface area contributed by atoms with Crippen LogP contribution in [0.2, 0.25) is 0 Å². The minimum atomic E-state index is -1.16. The minimum Gasteiger partial charge on any atom is -0.554 e. The summed E-state index contributed by atoms with van der Waals surface area (Å²) in [6.07, 6.45) is 1.39. The second kappa shape index (κ2) is 58.7. The summed E-state index contributed by atoms with van der Waals surface area (Å²) in [5, 5.41) is 72.5. The van der Waals surface area contributed by atoms with E-state index >= 15 is 0 Å². The fourth-order valence-corrected chi connectivity index (χ4v) is 18.4. The molecule has 16 aromatic rings. The Kier molecular flexibility index (Phi) is 54.8. The molecule has 0 fully saturated rings. The second-order valence-corrected chi connectivity index (χ2v) is 33.1. The molecule has 0 amide bonds. The molecule has 0 saturated heterocycles. The first-order valence-electron chi connectivity index (χ1n) is 41.6. The standard InChI is InChI=1S/C28H21O2.C22H18O2.C16H14O2.C16H13O2.C16H14O2.C13H12O2.2CO2.8Cs/c1-18-8-14-23-24-15-9-19(2)17-26(24)28(25(23)16-18,21-6-4-3-5-7-21)22-12-10-20(11-13-22)27(29)30;1-13-3-9-17-18-10-4-14(2)12-20(18)21(19(17)11-13)15-5-7-16(8-6-15)22(23)24;2*1-9-3-5-11-12-6-4-10(2)8-14(12)15(16(17)18)13(11)7-9;1-9-3-4-13-11(5-9)7-12-6-10(2)14(16(17)18)8-15(12)13;1-8-3-6-11-10(7-8)5-4-9(2)12(11)13(14)15;2*2-1-3;;;;;;;;/h4-17H,1-2H3,(H,29,30);3-12,21H,1-2H3,(H,23,24);3-8,15H,1-2H3,(H,17,18);3-8H,1-2H3,(H,17,18);3-6,8H,7H2,1-2H3,(H,17,18);3-7H,1-2H3,(H,14,15);;;;;;;;;;/q-1;;;-1;;;;;8*+1/p-6. The first-order valence-corrected chi connectivity index (χ1v) is 41.6. The van der Waals surface area contributed by atoms with Crippen molar-refractivity contribution in [1.29, 1.82) is 0 Å². The smallest absolute Gasteiger partial charge is 0.554 e. The van der Waals surface area contributed by atoms with Crippen LogP contribution in [0.25, 0.3) is 76.8 Å². The number of benzene rings is 15. The Morgan fingerprint density at radius 2 is 0.672 bits per heavy atom. The van der Waals surface area contributed by atoms with E-state index in [2.05, 4.69) is 144 Å². The van der Waals surface area contributed by atoms with Gasteiger partial charge in [-0.1, -0.05) is 298 Å². The van der Waals surface area contributed by atoms with Gasteiger partial charge in [-0.05, 0) is 229 Å². The number of carboxylic acids is 6. The summed E-state index contributed by atoms with van der Waals surface area (Å²) in [4.78, 5) is 99.8. The Labute approximate surface area is 1270 Å². The summed E-state index contributed by atoms with van der Waals surface area (Å²) >= 11 is 0. The van der Waals surface area contributed by atoms with Crippen molar-refractivity contribution >= 4 is 80.4 Å². The molecule has 24 heteroatoms. The molecule has 0 unspecified atom stereocenters. The Morgan fingerprint density at radius 3 is 1.08 bits per heavy atom. The summed E-state index contributed by atoms with van der Waals surface area (Å²) in [6.45, 7) is 23.9. The van der Waals surface area contributed by atoms with Gasteiger partial charge in [0, 0.05) is 34.3 Å². The van der Waals surface area contributed by atoms with Gasteiger partial charge in [0.05, 0.1) is 29.8 Å². The van der Waals surface area contributed by atoms with Crippen LogP contribution in [0, 0.1) is 89.2 Å². The van der Waals surface area contributed by atoms with E-state index in [9.17, 15) is 59.4 Å². The van der Waals surface area contributed by atoms with E-state index in [0.29, 0.717) is 16.7 Å². The number of carbonyl (C=O) groups is 6. The molecular weight excluding hydrogens is 2680 g/mol. The molecule has 137 heavy (non-hydrogen) atoms. The summed E-state index contributed by atoms with van der Waals surface area (Å²) in [6, 6.07) is 95.0. The van der Waals surface area contributed by atoms with E-state index in [0.717, 1.165) is 128 Å². The van der Waals surface area contributed by atoms with Crippen molar-refractivity contribution in [1.82, 2.24) is 0 Å². The number of carboxylic acid groups (broad SMARTS) is 6. The Bertz CT molecular complexity index is 7050. The molecule has 16 aromatic carbocycles. The van der Waals surface area contributed by atoms with Gasteiger partial charge in [0.15, 0.2) is 0 Å². The number of rotatable bonds is 9. The third-order valence-corrected chi connectivity index (χ3v) is 24.1. The molecule has 0 heterocycles. The maximum atomic E-state index is 11.4. The van der Waals surface area contributed by atoms with E-state index < -0.39 is 47.1 Å². The Balaban J connectivity index is 0.000000287. The molecule has 0 radical (unpaired) electrons. The molecule has 0 aromatic heterocycles. The fourth-order valence-electron chi connectivity index (χ4n) is 18.4. The van der Waals surface area contributed by atoms with E-state index in [1.54, 1.807) is 37.3 Å². The number of aliphatic carboxylic acids is 1. The van der Waals surface area contributed by atoms with Crippen LogP contribution >= 0.6 is 0 Å². The van der Waals surface area contributed by atoms with Gasteiger partial charge in [0.2, 0.25) is 0 Å². The van der Waals surface area contributed by atoms with Gasteiger partial charge in [0.1, 0.15) is 0 Å². The number of aryl methyl sites for hydroxylation is 12. The molecule has 20 rings (SSSR count). The van der Waals surface area contributed by atoms with Crippen LogP contribution < -0.4 is 582 Å². The summed E-state index contributed by atoms with van der Waals surface area (Å²) in [7, 11) is 0. The zero-order chi connectivity index (χ0) is 92.7. The third kappa shape index (κ3) is 29.8. The molecule has 0 N–H and O–H groups in total. The number of hydrogen-bond acceptors (Lipinski definition) is 16. The molecule has 0 spiro atoms. The van der Waals surface area contributed by atoms with Gasteiger partial charge in [0.25, 0.3) is 0 Å². The fraction of sp³-hybridized carbons (Fsp3) is 0.142. The molecule has 0 saturated carbocycles. The van der Waals surface area contributed by atoms with Crippen LogP contribution in [0.1, 0.15) is 192 Å². The second-order valence-electron chi connectivity index (χ2n) is 33.1. The topological polar surface area (TPSA) is 309 Å². The first kappa shape index (κ1) is 128. The number of carbonyl (C=O) groups excluding carboxylic acids is 10. The van der Waals surface area contributed by atoms with Crippen LogP contribution in [0.4, 0.5) is 0 Å². The molecule has 4 aliphatic rings. The third-order valence-electron chi connectivity index (χ3n) is 24.1. The zero-order valence-electron chi connectivity index (χ0n) is 81.0. The van der Waals surface area contributed by atoms with Crippen molar-refractivity contribution in [2.75, 3.05) is 0 Å². The van der Waals surface area contributed by atoms with E-state index in [1.165, 1.54) is 83.5 Å². The van der Waals surface area contributed by atoms with Gasteiger partial charge >= 0.3 is 563 Å². The van der Waals surface area contributed by atoms with Crippen molar-refractivity contribution in [3.63, 3.8) is 0 Å². The predicted octanol–water partition coefficient (Wildman–Crippen LogP) is -7.56. The maximum Gasteiger partial charge on any atom is 1.00 e. The van der Waals surface area contributed by atoms with Crippen molar-refractivity contribution in [2.24, 2.45) is 0 Å². The normalized spacial score (nSPS) is 11.3. The van der Waals surface area contributed by atoms with Crippen molar-refractivity contribution in [3.8, 4) is 44.5 Å². The first-order chi connectivity index (χ1) is 61.7. The summed E-state index contributed by atoms with van der Waals surface area (Å²) in [5.74, 6) is -7.13. The molecule has 0 bridgehead atoms. The Morgan fingerprint density at radius 1 is 0.321 bits per heavy atom. The van der Waals surface area contributed by atoms with Crippen LogP contribution in [-0.4, -0.2) is 48.1 Å². The number of hydrogen-bond donors (Lipinski definition) is 0. The molecule has 0 atom stereocenters. The Hall–Kier alpha value is 0.426. The van der Waals surface area contributed by atoms with Crippen molar-refractivity contribution in [2.45, 2.75) is 107 Å².